The molecule has 9 heteroatoms. The molecule has 9 nitrogen and oxygen atoms in total. The molecule has 32 heavy (non-hydrogen) atoms. The Hall–Kier alpha value is -3.17. The van der Waals surface area contributed by atoms with Crippen molar-refractivity contribution in [2.24, 2.45) is 0 Å². The SMILES string of the molecule is CN1CCN(c2ccc(Nc3nc(NC4CCOCC4)c4c(C=O)c[nH]c4n3)cc2)CC1. The van der Waals surface area contributed by atoms with E-state index >= 15 is 0 Å². The Morgan fingerprint density at radius 3 is 2.56 bits per heavy atom. The zero-order valence-corrected chi connectivity index (χ0v) is 18.3. The molecule has 1 aromatic carbocycles. The minimum Gasteiger partial charge on any atom is -0.381 e. The zero-order valence-electron chi connectivity index (χ0n) is 18.3. The highest BCUT2D eigenvalue weighted by Crippen LogP contribution is 2.28. The van der Waals surface area contributed by atoms with Crippen molar-refractivity contribution in [1.29, 1.82) is 0 Å². The van der Waals surface area contributed by atoms with E-state index in [0.29, 0.717) is 23.0 Å². The molecular formula is C23H29N7O2. The number of anilines is 4. The molecule has 0 amide bonds. The summed E-state index contributed by atoms with van der Waals surface area (Å²) in [6, 6.07) is 8.63. The van der Waals surface area contributed by atoms with Gasteiger partial charge < -0.3 is 30.2 Å². The molecule has 168 valence electrons. The van der Waals surface area contributed by atoms with E-state index in [0.717, 1.165) is 69.6 Å². The Labute approximate surface area is 187 Å². The first-order valence-electron chi connectivity index (χ1n) is 11.2. The molecule has 3 N–H and O–H groups in total. The molecule has 2 fully saturated rings. The molecule has 2 aromatic heterocycles. The number of likely N-dealkylation sites (N-methyl/N-ethyl adjacent to an activating group) is 1. The molecule has 3 aromatic rings. The fourth-order valence-electron chi connectivity index (χ4n) is 4.29. The lowest BCUT2D eigenvalue weighted by Gasteiger charge is -2.34. The lowest BCUT2D eigenvalue weighted by molar-refractivity contribution is 0.0904. The topological polar surface area (TPSA) is 98.4 Å². The molecule has 0 spiro atoms. The highest BCUT2D eigenvalue weighted by Gasteiger charge is 2.19. The van der Waals surface area contributed by atoms with Crippen molar-refractivity contribution in [2.75, 3.05) is 62.0 Å². The van der Waals surface area contributed by atoms with Crippen molar-refractivity contribution in [3.63, 3.8) is 0 Å². The maximum absolute atomic E-state index is 11.5. The third-order valence-corrected chi connectivity index (χ3v) is 6.24. The van der Waals surface area contributed by atoms with Crippen molar-refractivity contribution in [3.8, 4) is 0 Å². The van der Waals surface area contributed by atoms with Gasteiger partial charge in [-0.3, -0.25) is 4.79 Å². The lowest BCUT2D eigenvalue weighted by atomic mass is 10.1. The van der Waals surface area contributed by atoms with Gasteiger partial charge in [0.25, 0.3) is 0 Å². The number of rotatable bonds is 6. The predicted molar refractivity (Wildman–Crippen MR) is 126 cm³/mol. The molecule has 4 heterocycles. The molecular weight excluding hydrogens is 406 g/mol. The molecule has 2 aliphatic heterocycles. The van der Waals surface area contributed by atoms with Crippen LogP contribution in [0.15, 0.2) is 30.5 Å². The molecule has 0 saturated carbocycles. The Balaban J connectivity index is 1.37. The van der Waals surface area contributed by atoms with Crippen LogP contribution in [0, 0.1) is 0 Å². The number of carbonyl (C=O) groups is 1. The van der Waals surface area contributed by atoms with Gasteiger partial charge in [0.2, 0.25) is 5.95 Å². The van der Waals surface area contributed by atoms with Gasteiger partial charge in [-0.05, 0) is 44.2 Å². The summed E-state index contributed by atoms with van der Waals surface area (Å²) in [5.74, 6) is 1.15. The van der Waals surface area contributed by atoms with Gasteiger partial charge in [-0.25, -0.2) is 0 Å². The third-order valence-electron chi connectivity index (χ3n) is 6.24. The number of hydrogen-bond donors (Lipinski definition) is 3. The second-order valence-corrected chi connectivity index (χ2v) is 8.47. The van der Waals surface area contributed by atoms with Gasteiger partial charge in [0.15, 0.2) is 6.29 Å². The average molecular weight is 436 g/mol. The van der Waals surface area contributed by atoms with Crippen LogP contribution in [0.4, 0.5) is 23.1 Å². The lowest BCUT2D eigenvalue weighted by Crippen LogP contribution is -2.44. The number of hydrogen-bond acceptors (Lipinski definition) is 8. The molecule has 5 rings (SSSR count). The smallest absolute Gasteiger partial charge is 0.231 e. The largest absolute Gasteiger partial charge is 0.381 e. The van der Waals surface area contributed by atoms with Crippen molar-refractivity contribution < 1.29 is 9.53 Å². The van der Waals surface area contributed by atoms with Crippen LogP contribution in [0.25, 0.3) is 11.0 Å². The summed E-state index contributed by atoms with van der Waals surface area (Å²) < 4.78 is 5.46. The number of fused-ring (bicyclic) bond motifs is 1. The van der Waals surface area contributed by atoms with Crippen LogP contribution in [0.1, 0.15) is 23.2 Å². The summed E-state index contributed by atoms with van der Waals surface area (Å²) in [5.41, 5.74) is 3.33. The van der Waals surface area contributed by atoms with Gasteiger partial charge >= 0.3 is 0 Å². The quantitative estimate of drug-likeness (QED) is 0.509. The first-order chi connectivity index (χ1) is 15.7. The first-order valence-corrected chi connectivity index (χ1v) is 11.2. The highest BCUT2D eigenvalue weighted by molar-refractivity contribution is 6.02. The standard InChI is InChI=1S/C23H29N7O2/c1-29-8-10-30(11-9-29)19-4-2-17(3-5-19)26-23-27-21-20(16(15-31)14-24-21)22(28-23)25-18-6-12-32-13-7-18/h2-5,14-15,18H,6-13H2,1H3,(H3,24,25,26,27,28). The van der Waals surface area contributed by atoms with Crippen molar-refractivity contribution in [2.45, 2.75) is 18.9 Å². The molecule has 2 aliphatic rings. The van der Waals surface area contributed by atoms with E-state index in [9.17, 15) is 4.79 Å². The van der Waals surface area contributed by atoms with Gasteiger partial charge in [0.1, 0.15) is 11.5 Å². The fraction of sp³-hybridized carbons (Fsp3) is 0.435. The van der Waals surface area contributed by atoms with E-state index in [1.54, 1.807) is 6.20 Å². The van der Waals surface area contributed by atoms with Crippen LogP contribution in [0.3, 0.4) is 0 Å². The molecule has 0 bridgehead atoms. The maximum atomic E-state index is 11.5. The van der Waals surface area contributed by atoms with Crippen LogP contribution >= 0.6 is 0 Å². The number of nitrogens with zero attached hydrogens (tertiary/aromatic N) is 4. The first kappa shape index (κ1) is 20.7. The van der Waals surface area contributed by atoms with E-state index in [2.05, 4.69) is 61.7 Å². The number of piperazine rings is 1. The van der Waals surface area contributed by atoms with Crippen molar-refractivity contribution in [3.05, 3.63) is 36.0 Å². The number of benzene rings is 1. The molecule has 0 aliphatic carbocycles. The number of aromatic nitrogens is 3. The number of H-pyrrole nitrogens is 1. The van der Waals surface area contributed by atoms with Gasteiger partial charge in [-0.2, -0.15) is 9.97 Å². The molecule has 2 saturated heterocycles. The maximum Gasteiger partial charge on any atom is 0.231 e. The Kier molecular flexibility index (Phi) is 5.91. The van der Waals surface area contributed by atoms with Gasteiger partial charge in [-0.15, -0.1) is 0 Å². The van der Waals surface area contributed by atoms with Crippen LogP contribution in [0.5, 0.6) is 0 Å². The average Bonchev–Trinajstić information content (AvgIpc) is 3.24. The molecule has 0 radical (unpaired) electrons. The Morgan fingerprint density at radius 2 is 1.84 bits per heavy atom. The van der Waals surface area contributed by atoms with E-state index in [4.69, 9.17) is 9.72 Å². The van der Waals surface area contributed by atoms with Crippen molar-refractivity contribution >= 4 is 40.5 Å². The Bertz CT molecular complexity index is 1070. The predicted octanol–water partition coefficient (Wildman–Crippen LogP) is 2.86. The summed E-state index contributed by atoms with van der Waals surface area (Å²) >= 11 is 0. The number of ether oxygens (including phenoxy) is 1. The summed E-state index contributed by atoms with van der Waals surface area (Å²) in [6.45, 7) is 5.69. The van der Waals surface area contributed by atoms with Gasteiger partial charge in [-0.1, -0.05) is 0 Å². The summed E-state index contributed by atoms with van der Waals surface area (Å²) in [7, 11) is 2.16. The van der Waals surface area contributed by atoms with Crippen LogP contribution in [-0.2, 0) is 4.74 Å². The third kappa shape index (κ3) is 4.39. The summed E-state index contributed by atoms with van der Waals surface area (Å²) in [5, 5.41) is 7.55. The highest BCUT2D eigenvalue weighted by atomic mass is 16.5. The normalized spacial score (nSPS) is 18.1. The zero-order chi connectivity index (χ0) is 21.9. The minimum atomic E-state index is 0.256. The van der Waals surface area contributed by atoms with E-state index < -0.39 is 0 Å². The van der Waals surface area contributed by atoms with Gasteiger partial charge in [0.05, 0.1) is 5.39 Å². The monoisotopic (exact) mass is 435 g/mol. The second kappa shape index (κ2) is 9.13. The van der Waals surface area contributed by atoms with E-state index in [1.807, 2.05) is 0 Å². The van der Waals surface area contributed by atoms with E-state index in [1.165, 1.54) is 5.69 Å². The molecule has 0 unspecified atom stereocenters. The van der Waals surface area contributed by atoms with Crippen LogP contribution < -0.4 is 15.5 Å². The number of carbonyl (C=O) groups excluding carboxylic acids is 1. The number of aldehydes is 1. The minimum absolute atomic E-state index is 0.256. The fourth-order valence-corrected chi connectivity index (χ4v) is 4.29. The van der Waals surface area contributed by atoms with Crippen LogP contribution in [0.2, 0.25) is 0 Å². The Morgan fingerprint density at radius 1 is 1.09 bits per heavy atom. The second-order valence-electron chi connectivity index (χ2n) is 8.47. The summed E-state index contributed by atoms with van der Waals surface area (Å²) in [4.78, 5) is 28.7. The van der Waals surface area contributed by atoms with Crippen molar-refractivity contribution in [1.82, 2.24) is 19.9 Å². The number of aromatic amines is 1. The van der Waals surface area contributed by atoms with Crippen LogP contribution in [-0.4, -0.2) is 78.6 Å². The summed E-state index contributed by atoms with van der Waals surface area (Å²) in [6.07, 6.45) is 4.32. The van der Waals surface area contributed by atoms with E-state index in [-0.39, 0.29) is 6.04 Å². The number of nitrogens with one attached hydrogen (secondary N) is 3. The van der Waals surface area contributed by atoms with Gasteiger partial charge in [0, 0.05) is 68.6 Å². The molecule has 0 atom stereocenters.